The van der Waals surface area contributed by atoms with Crippen LogP contribution in [0.4, 0.5) is 10.1 Å². The first-order chi connectivity index (χ1) is 12.0. The van der Waals surface area contributed by atoms with E-state index in [1.807, 2.05) is 38.1 Å². The quantitative estimate of drug-likeness (QED) is 0.857. The van der Waals surface area contributed by atoms with Crippen LogP contribution in [0, 0.1) is 19.7 Å². The summed E-state index contributed by atoms with van der Waals surface area (Å²) in [5.41, 5.74) is 3.88. The maximum Gasteiger partial charge on any atom is 0.238 e. The highest BCUT2D eigenvalue weighted by Crippen LogP contribution is 2.24. The molecule has 4 nitrogen and oxygen atoms in total. The van der Waals surface area contributed by atoms with E-state index in [0.717, 1.165) is 35.5 Å². The molecular formula is C20H25ClFN3O. The number of rotatable bonds is 4. The van der Waals surface area contributed by atoms with E-state index >= 15 is 0 Å². The highest BCUT2D eigenvalue weighted by Gasteiger charge is 2.26. The van der Waals surface area contributed by atoms with Crippen molar-refractivity contribution in [1.82, 2.24) is 10.2 Å². The monoisotopic (exact) mass is 377 g/mol. The minimum atomic E-state index is -0.247. The Kier molecular flexibility index (Phi) is 7.14. The second kappa shape index (κ2) is 9.12. The number of anilines is 1. The molecule has 26 heavy (non-hydrogen) atoms. The minimum absolute atomic E-state index is 0. The van der Waals surface area contributed by atoms with E-state index in [2.05, 4.69) is 15.5 Å². The van der Waals surface area contributed by atoms with Crippen LogP contribution in [0.2, 0.25) is 0 Å². The number of hydrogen-bond acceptors (Lipinski definition) is 3. The van der Waals surface area contributed by atoms with Gasteiger partial charge in [-0.3, -0.25) is 9.69 Å². The lowest BCUT2D eigenvalue weighted by molar-refractivity contribution is -0.118. The first-order valence-corrected chi connectivity index (χ1v) is 8.61. The molecule has 0 radical (unpaired) electrons. The van der Waals surface area contributed by atoms with E-state index in [9.17, 15) is 9.18 Å². The molecule has 2 aromatic carbocycles. The van der Waals surface area contributed by atoms with Crippen LogP contribution in [0.3, 0.4) is 0 Å². The summed E-state index contributed by atoms with van der Waals surface area (Å²) in [6.45, 7) is 6.55. The van der Waals surface area contributed by atoms with E-state index in [-0.39, 0.29) is 36.7 Å². The van der Waals surface area contributed by atoms with Gasteiger partial charge in [0.1, 0.15) is 5.82 Å². The summed E-state index contributed by atoms with van der Waals surface area (Å²) in [7, 11) is 0. The van der Waals surface area contributed by atoms with Gasteiger partial charge in [-0.05, 0) is 42.7 Å². The number of aryl methyl sites for hydroxylation is 2. The number of amides is 1. The number of nitrogens with zero attached hydrogens (tertiary/aromatic N) is 1. The van der Waals surface area contributed by atoms with Crippen molar-refractivity contribution < 1.29 is 9.18 Å². The van der Waals surface area contributed by atoms with Crippen molar-refractivity contribution in [3.63, 3.8) is 0 Å². The molecule has 3 rings (SSSR count). The van der Waals surface area contributed by atoms with Gasteiger partial charge in [-0.1, -0.05) is 30.3 Å². The van der Waals surface area contributed by atoms with E-state index in [1.54, 1.807) is 12.1 Å². The van der Waals surface area contributed by atoms with Crippen LogP contribution in [0.15, 0.2) is 42.5 Å². The lowest BCUT2D eigenvalue weighted by Crippen LogP contribution is -2.48. The molecule has 1 amide bonds. The van der Waals surface area contributed by atoms with Gasteiger partial charge >= 0.3 is 0 Å². The molecule has 0 spiro atoms. The van der Waals surface area contributed by atoms with E-state index < -0.39 is 0 Å². The minimum Gasteiger partial charge on any atom is -0.324 e. The van der Waals surface area contributed by atoms with Crippen LogP contribution >= 0.6 is 12.4 Å². The standard InChI is InChI=1S/C20H24FN3O.ClH/c1-14-5-3-6-15(2)20(14)23-19(25)13-24-10-9-22-12-18(24)16-7-4-8-17(21)11-16;/h3-8,11,18,22H,9-10,12-13H2,1-2H3,(H,23,25);1H. The van der Waals surface area contributed by atoms with Gasteiger partial charge in [-0.2, -0.15) is 0 Å². The SMILES string of the molecule is Cc1cccc(C)c1NC(=O)CN1CCNCC1c1cccc(F)c1.Cl. The first-order valence-electron chi connectivity index (χ1n) is 8.61. The summed E-state index contributed by atoms with van der Waals surface area (Å²) in [6.07, 6.45) is 0. The van der Waals surface area contributed by atoms with Crippen molar-refractivity contribution in [3.05, 3.63) is 65.0 Å². The number of halogens is 2. The average Bonchev–Trinajstić information content (AvgIpc) is 2.59. The fourth-order valence-electron chi connectivity index (χ4n) is 3.35. The van der Waals surface area contributed by atoms with Crippen molar-refractivity contribution in [3.8, 4) is 0 Å². The predicted octanol–water partition coefficient (Wildman–Crippen LogP) is 3.45. The van der Waals surface area contributed by atoms with Crippen LogP contribution < -0.4 is 10.6 Å². The molecular weight excluding hydrogens is 353 g/mol. The molecule has 1 unspecified atom stereocenters. The molecule has 1 heterocycles. The van der Waals surface area contributed by atoms with Gasteiger partial charge in [-0.25, -0.2) is 4.39 Å². The Morgan fingerprint density at radius 3 is 2.62 bits per heavy atom. The number of nitrogens with one attached hydrogen (secondary N) is 2. The largest absolute Gasteiger partial charge is 0.324 e. The van der Waals surface area contributed by atoms with Gasteiger partial charge in [0.15, 0.2) is 0 Å². The topological polar surface area (TPSA) is 44.4 Å². The number of carbonyl (C=O) groups excluding carboxylic acids is 1. The molecule has 140 valence electrons. The second-order valence-corrected chi connectivity index (χ2v) is 6.56. The maximum absolute atomic E-state index is 13.6. The normalized spacial score (nSPS) is 17.4. The van der Waals surface area contributed by atoms with Crippen LogP contribution in [0.25, 0.3) is 0 Å². The highest BCUT2D eigenvalue weighted by molar-refractivity contribution is 5.93. The number of piperazine rings is 1. The Bertz CT molecular complexity index is 748. The van der Waals surface area contributed by atoms with Crippen molar-refractivity contribution in [1.29, 1.82) is 0 Å². The van der Waals surface area contributed by atoms with E-state index in [1.165, 1.54) is 6.07 Å². The molecule has 0 bridgehead atoms. The summed E-state index contributed by atoms with van der Waals surface area (Å²) in [5, 5.41) is 6.36. The summed E-state index contributed by atoms with van der Waals surface area (Å²) < 4.78 is 13.6. The fraction of sp³-hybridized carbons (Fsp3) is 0.350. The smallest absolute Gasteiger partial charge is 0.238 e. The van der Waals surface area contributed by atoms with Crippen molar-refractivity contribution >= 4 is 24.0 Å². The summed E-state index contributed by atoms with van der Waals surface area (Å²) in [4.78, 5) is 14.7. The van der Waals surface area contributed by atoms with E-state index in [4.69, 9.17) is 0 Å². The van der Waals surface area contributed by atoms with Gasteiger partial charge in [0, 0.05) is 31.4 Å². The molecule has 1 aliphatic heterocycles. The molecule has 2 N–H and O–H groups in total. The van der Waals surface area contributed by atoms with E-state index in [0.29, 0.717) is 6.54 Å². The molecule has 0 aromatic heterocycles. The molecule has 1 atom stereocenters. The van der Waals surface area contributed by atoms with Crippen LogP contribution in [-0.4, -0.2) is 37.0 Å². The van der Waals surface area contributed by atoms with Crippen LogP contribution in [-0.2, 0) is 4.79 Å². The molecule has 6 heteroatoms. The number of para-hydroxylation sites is 1. The number of benzene rings is 2. The maximum atomic E-state index is 13.6. The third-order valence-electron chi connectivity index (χ3n) is 4.68. The first kappa shape index (κ1) is 20.4. The Labute approximate surface area is 160 Å². The van der Waals surface area contributed by atoms with Crippen molar-refractivity contribution in [2.24, 2.45) is 0 Å². The third-order valence-corrected chi connectivity index (χ3v) is 4.68. The van der Waals surface area contributed by atoms with Gasteiger partial charge in [0.25, 0.3) is 0 Å². The molecule has 1 saturated heterocycles. The second-order valence-electron chi connectivity index (χ2n) is 6.56. The van der Waals surface area contributed by atoms with Gasteiger partial charge in [0.05, 0.1) is 6.54 Å². The number of hydrogen-bond donors (Lipinski definition) is 2. The molecule has 0 saturated carbocycles. The lowest BCUT2D eigenvalue weighted by Gasteiger charge is -2.36. The highest BCUT2D eigenvalue weighted by atomic mass is 35.5. The van der Waals surface area contributed by atoms with Crippen molar-refractivity contribution in [2.45, 2.75) is 19.9 Å². The summed E-state index contributed by atoms with van der Waals surface area (Å²) in [6, 6.07) is 12.6. The Balaban J connectivity index is 0.00000243. The average molecular weight is 378 g/mol. The van der Waals surface area contributed by atoms with Gasteiger partial charge < -0.3 is 10.6 Å². The zero-order valence-corrected chi connectivity index (χ0v) is 15.9. The summed E-state index contributed by atoms with van der Waals surface area (Å²) in [5.74, 6) is -0.288. The number of carbonyl (C=O) groups is 1. The molecule has 2 aromatic rings. The Hall–Kier alpha value is -1.95. The van der Waals surface area contributed by atoms with Gasteiger partial charge in [0.2, 0.25) is 5.91 Å². The Morgan fingerprint density at radius 2 is 1.92 bits per heavy atom. The van der Waals surface area contributed by atoms with Crippen LogP contribution in [0.1, 0.15) is 22.7 Å². The van der Waals surface area contributed by atoms with Crippen molar-refractivity contribution in [2.75, 3.05) is 31.5 Å². The lowest BCUT2D eigenvalue weighted by atomic mass is 10.0. The molecule has 0 aliphatic carbocycles. The van der Waals surface area contributed by atoms with Crippen LogP contribution in [0.5, 0.6) is 0 Å². The zero-order chi connectivity index (χ0) is 17.8. The summed E-state index contributed by atoms with van der Waals surface area (Å²) >= 11 is 0. The zero-order valence-electron chi connectivity index (χ0n) is 15.1. The molecule has 1 aliphatic rings. The fourth-order valence-corrected chi connectivity index (χ4v) is 3.35. The molecule has 1 fully saturated rings. The third kappa shape index (κ3) is 4.81. The van der Waals surface area contributed by atoms with Gasteiger partial charge in [-0.15, -0.1) is 12.4 Å². The Morgan fingerprint density at radius 1 is 1.23 bits per heavy atom. The predicted molar refractivity (Wildman–Crippen MR) is 105 cm³/mol.